The second kappa shape index (κ2) is 7.89. The van der Waals surface area contributed by atoms with Gasteiger partial charge in [-0.1, -0.05) is 35.5 Å². The summed E-state index contributed by atoms with van der Waals surface area (Å²) in [5.74, 6) is 0.223. The summed E-state index contributed by atoms with van der Waals surface area (Å²) in [4.78, 5) is 30.0. The Morgan fingerprint density at radius 1 is 1.19 bits per heavy atom. The summed E-state index contributed by atoms with van der Waals surface area (Å²) in [5.41, 5.74) is 0.453. The monoisotopic (exact) mass is 410 g/mol. The van der Waals surface area contributed by atoms with Crippen LogP contribution in [0.15, 0.2) is 39.0 Å². The Balaban J connectivity index is 2.08. The van der Waals surface area contributed by atoms with Crippen LogP contribution in [0.1, 0.15) is 5.56 Å². The number of hydrogen-bond donors (Lipinski definition) is 2. The first-order valence-electron chi connectivity index (χ1n) is 8.16. The molecule has 3 aromatic rings. The van der Waals surface area contributed by atoms with Crippen molar-refractivity contribution in [1.29, 1.82) is 0 Å². The minimum atomic E-state index is -0.889. The number of aryl methyl sites for hydroxylation is 2. The summed E-state index contributed by atoms with van der Waals surface area (Å²) in [6.45, 7) is -0.237. The molecule has 8 nitrogen and oxygen atoms in total. The van der Waals surface area contributed by atoms with Crippen molar-refractivity contribution in [2.45, 2.75) is 17.8 Å². The van der Waals surface area contributed by atoms with E-state index in [9.17, 15) is 14.7 Å². The first-order valence-corrected chi connectivity index (χ1v) is 9.52. The number of benzene rings is 1. The molecule has 0 radical (unpaired) electrons. The first kappa shape index (κ1) is 19.7. The average Bonchev–Trinajstić information content (AvgIpc) is 2.99. The maximum absolute atomic E-state index is 13.0. The van der Waals surface area contributed by atoms with E-state index < -0.39 is 17.4 Å². The topological polar surface area (TPSA) is 102 Å². The van der Waals surface area contributed by atoms with Crippen LogP contribution >= 0.6 is 23.4 Å². The van der Waals surface area contributed by atoms with Crippen LogP contribution in [0.5, 0.6) is 0 Å². The number of imidazole rings is 1. The fourth-order valence-electron chi connectivity index (χ4n) is 2.69. The zero-order chi connectivity index (χ0) is 19.7. The number of halogens is 1. The number of fused-ring (bicyclic) bond motifs is 1. The van der Waals surface area contributed by atoms with Crippen LogP contribution in [-0.2, 0) is 20.6 Å². The zero-order valence-corrected chi connectivity index (χ0v) is 16.4. The molecule has 1 atom stereocenters. The Bertz CT molecular complexity index is 1090. The lowest BCUT2D eigenvalue weighted by Gasteiger charge is -2.09. The molecule has 0 saturated carbocycles. The van der Waals surface area contributed by atoms with Crippen molar-refractivity contribution in [2.75, 3.05) is 12.4 Å². The number of aliphatic hydroxyl groups is 2. The normalized spacial score (nSPS) is 12.6. The lowest BCUT2D eigenvalue weighted by atomic mass is 10.2. The highest BCUT2D eigenvalue weighted by Crippen LogP contribution is 2.21. The van der Waals surface area contributed by atoms with E-state index >= 15 is 0 Å². The Morgan fingerprint density at radius 3 is 2.48 bits per heavy atom. The molecule has 3 rings (SSSR count). The molecule has 0 aliphatic carbocycles. The van der Waals surface area contributed by atoms with Gasteiger partial charge in [0.2, 0.25) is 0 Å². The van der Waals surface area contributed by atoms with Crippen molar-refractivity contribution in [1.82, 2.24) is 18.7 Å². The van der Waals surface area contributed by atoms with Gasteiger partial charge >= 0.3 is 5.69 Å². The van der Waals surface area contributed by atoms with Crippen molar-refractivity contribution in [3.05, 3.63) is 55.7 Å². The molecule has 2 N–H and O–H groups in total. The lowest BCUT2D eigenvalue weighted by molar-refractivity contribution is 0.113. The Kier molecular flexibility index (Phi) is 5.75. The van der Waals surface area contributed by atoms with E-state index in [2.05, 4.69) is 4.98 Å². The molecule has 0 spiro atoms. The lowest BCUT2D eigenvalue weighted by Crippen LogP contribution is -2.39. The minimum absolute atomic E-state index is 0.121. The smallest absolute Gasteiger partial charge is 0.332 e. The van der Waals surface area contributed by atoms with Crippen LogP contribution in [0.4, 0.5) is 0 Å². The summed E-state index contributed by atoms with van der Waals surface area (Å²) in [5, 5.41) is 19.5. The predicted molar refractivity (Wildman–Crippen MR) is 105 cm³/mol. The van der Waals surface area contributed by atoms with E-state index in [4.69, 9.17) is 16.7 Å². The second-order valence-corrected chi connectivity index (χ2v) is 7.56. The zero-order valence-electron chi connectivity index (χ0n) is 14.8. The van der Waals surface area contributed by atoms with Crippen molar-refractivity contribution in [3.8, 4) is 0 Å². The molecule has 2 aromatic heterocycles. The van der Waals surface area contributed by atoms with Crippen LogP contribution < -0.4 is 11.2 Å². The molecule has 1 unspecified atom stereocenters. The van der Waals surface area contributed by atoms with Crippen LogP contribution in [0.3, 0.4) is 0 Å². The van der Waals surface area contributed by atoms with Gasteiger partial charge < -0.3 is 14.8 Å². The Hall–Kier alpha value is -2.07. The van der Waals surface area contributed by atoms with Gasteiger partial charge in [0, 0.05) is 24.9 Å². The number of aliphatic hydroxyl groups excluding tert-OH is 2. The third-order valence-electron chi connectivity index (χ3n) is 4.19. The molecule has 2 heterocycles. The number of rotatable bonds is 6. The van der Waals surface area contributed by atoms with Crippen molar-refractivity contribution < 1.29 is 10.2 Å². The summed E-state index contributed by atoms with van der Waals surface area (Å²) < 4.78 is 4.09. The highest BCUT2D eigenvalue weighted by atomic mass is 35.5. The number of nitrogens with zero attached hydrogens (tertiary/aromatic N) is 4. The van der Waals surface area contributed by atoms with Gasteiger partial charge in [-0.2, -0.15) is 0 Å². The van der Waals surface area contributed by atoms with E-state index in [-0.39, 0.29) is 24.6 Å². The highest BCUT2D eigenvalue weighted by molar-refractivity contribution is 7.99. The van der Waals surface area contributed by atoms with Gasteiger partial charge in [0.05, 0.1) is 19.3 Å². The van der Waals surface area contributed by atoms with Crippen LogP contribution in [0.25, 0.3) is 11.2 Å². The van der Waals surface area contributed by atoms with Crippen LogP contribution in [0, 0.1) is 0 Å². The van der Waals surface area contributed by atoms with Gasteiger partial charge in [-0.05, 0) is 17.7 Å². The molecule has 0 fully saturated rings. The van der Waals surface area contributed by atoms with E-state index in [1.165, 1.54) is 16.3 Å². The van der Waals surface area contributed by atoms with Gasteiger partial charge in [0.25, 0.3) is 5.56 Å². The molecule has 1 aromatic carbocycles. The molecular formula is C17H19ClN4O4S. The van der Waals surface area contributed by atoms with Crippen LogP contribution in [0.2, 0.25) is 5.02 Å². The quantitative estimate of drug-likeness (QED) is 0.576. The summed E-state index contributed by atoms with van der Waals surface area (Å²) in [7, 11) is 3.24. The molecule has 144 valence electrons. The number of aromatic nitrogens is 4. The van der Waals surface area contributed by atoms with Crippen molar-refractivity contribution >= 4 is 34.5 Å². The summed E-state index contributed by atoms with van der Waals surface area (Å²) in [6, 6.07) is 6.94. The molecular weight excluding hydrogens is 392 g/mol. The molecule has 0 amide bonds. The Morgan fingerprint density at radius 2 is 1.85 bits per heavy atom. The molecule has 0 bridgehead atoms. The SMILES string of the molecule is Cn1c(SCC(O)CO)nc2c1c(=O)n(Cc1ccc(Cl)cc1)c(=O)n2C. The van der Waals surface area contributed by atoms with Crippen molar-refractivity contribution in [2.24, 2.45) is 14.1 Å². The summed E-state index contributed by atoms with van der Waals surface area (Å²) >= 11 is 7.09. The summed E-state index contributed by atoms with van der Waals surface area (Å²) in [6.07, 6.45) is -0.889. The molecule has 10 heteroatoms. The maximum Gasteiger partial charge on any atom is 0.332 e. The van der Waals surface area contributed by atoms with Crippen molar-refractivity contribution in [3.63, 3.8) is 0 Å². The third kappa shape index (κ3) is 3.81. The van der Waals surface area contributed by atoms with Gasteiger partial charge in [0.15, 0.2) is 16.3 Å². The van der Waals surface area contributed by atoms with Gasteiger partial charge in [-0.3, -0.25) is 13.9 Å². The van der Waals surface area contributed by atoms with E-state index in [1.54, 1.807) is 42.9 Å². The maximum atomic E-state index is 13.0. The predicted octanol–water partition coefficient (Wildman–Crippen LogP) is 0.581. The van der Waals surface area contributed by atoms with E-state index in [0.29, 0.717) is 15.7 Å². The molecule has 0 aliphatic rings. The number of thioether (sulfide) groups is 1. The number of hydrogen-bond acceptors (Lipinski definition) is 6. The first-order chi connectivity index (χ1) is 12.8. The standard InChI is InChI=1S/C17H19ClN4O4S/c1-20-13-14(19-16(20)27-9-12(24)8-23)21(2)17(26)22(15(13)25)7-10-3-5-11(18)6-4-10/h3-6,12,23-24H,7-9H2,1-2H3. The molecule has 0 saturated heterocycles. The average molecular weight is 411 g/mol. The molecule has 0 aliphatic heterocycles. The minimum Gasteiger partial charge on any atom is -0.394 e. The second-order valence-electron chi connectivity index (χ2n) is 6.13. The van der Waals surface area contributed by atoms with E-state index in [0.717, 1.165) is 10.1 Å². The highest BCUT2D eigenvalue weighted by Gasteiger charge is 2.19. The third-order valence-corrected chi connectivity index (χ3v) is 5.62. The van der Waals surface area contributed by atoms with E-state index in [1.807, 2.05) is 0 Å². The largest absolute Gasteiger partial charge is 0.394 e. The van der Waals surface area contributed by atoms with Gasteiger partial charge in [0.1, 0.15) is 0 Å². The van der Waals surface area contributed by atoms with Gasteiger partial charge in [-0.25, -0.2) is 9.78 Å². The fourth-order valence-corrected chi connectivity index (χ4v) is 3.70. The van der Waals surface area contributed by atoms with Gasteiger partial charge in [-0.15, -0.1) is 0 Å². The molecule has 27 heavy (non-hydrogen) atoms. The Labute approximate surface area is 163 Å². The fraction of sp³-hybridized carbons (Fsp3) is 0.353. The van der Waals surface area contributed by atoms with Crippen LogP contribution in [-0.4, -0.2) is 47.4 Å².